The summed E-state index contributed by atoms with van der Waals surface area (Å²) in [5, 5.41) is 13.3. The number of carbonyl (C=O) groups excluding carboxylic acids is 1. The van der Waals surface area contributed by atoms with E-state index in [1.807, 2.05) is 17.4 Å². The van der Waals surface area contributed by atoms with E-state index in [9.17, 15) is 14.4 Å². The number of nitrogens with zero attached hydrogens (tertiary/aromatic N) is 2. The maximum atomic E-state index is 12.0. The van der Waals surface area contributed by atoms with Gasteiger partial charge in [0.25, 0.3) is 0 Å². The van der Waals surface area contributed by atoms with Crippen LogP contribution in [-0.4, -0.2) is 46.3 Å². The Bertz CT molecular complexity index is 958. The molecule has 2 aromatic rings. The molecule has 30 heavy (non-hydrogen) atoms. The Morgan fingerprint density at radius 2 is 2.00 bits per heavy atom. The summed E-state index contributed by atoms with van der Waals surface area (Å²) in [6.07, 6.45) is -2.28. The lowest BCUT2D eigenvalue weighted by Gasteiger charge is -2.14. The Balaban J connectivity index is 1.48. The van der Waals surface area contributed by atoms with Crippen molar-refractivity contribution in [3.8, 4) is 0 Å². The van der Waals surface area contributed by atoms with Gasteiger partial charge in [-0.05, 0) is 29.7 Å². The van der Waals surface area contributed by atoms with Crippen molar-refractivity contribution in [2.45, 2.75) is 32.3 Å². The lowest BCUT2D eigenvalue weighted by atomic mass is 10.0. The van der Waals surface area contributed by atoms with Gasteiger partial charge in [0.1, 0.15) is 12.4 Å². The monoisotopic (exact) mass is 418 g/mol. The van der Waals surface area contributed by atoms with Crippen LogP contribution in [0.5, 0.6) is 0 Å². The fraction of sp³-hybridized carbons (Fsp3) is 0.368. The second-order valence-electron chi connectivity index (χ2n) is 6.79. The maximum Gasteiger partial charge on any atom is 0.411 e. The molecule has 11 heteroatoms. The van der Waals surface area contributed by atoms with Gasteiger partial charge in [0, 0.05) is 11.9 Å². The molecule has 1 fully saturated rings. The third-order valence-corrected chi connectivity index (χ3v) is 4.28. The van der Waals surface area contributed by atoms with Crippen LogP contribution >= 0.6 is 0 Å². The second-order valence-corrected chi connectivity index (χ2v) is 6.79. The van der Waals surface area contributed by atoms with Crippen molar-refractivity contribution >= 4 is 23.7 Å². The molecule has 1 aromatic heterocycles. The van der Waals surface area contributed by atoms with Gasteiger partial charge in [0.2, 0.25) is 0 Å². The van der Waals surface area contributed by atoms with Gasteiger partial charge in [-0.1, -0.05) is 26.0 Å². The molecule has 3 rings (SSSR count). The largest absolute Gasteiger partial charge is 0.465 e. The van der Waals surface area contributed by atoms with Gasteiger partial charge >= 0.3 is 17.9 Å². The van der Waals surface area contributed by atoms with Crippen LogP contribution in [0, 0.1) is 0 Å². The first kappa shape index (κ1) is 21.3. The fourth-order valence-electron chi connectivity index (χ4n) is 2.74. The number of carboxylic acid groups (broad SMARTS) is 1. The van der Waals surface area contributed by atoms with E-state index in [4.69, 9.17) is 19.3 Å². The molecule has 1 saturated heterocycles. The van der Waals surface area contributed by atoms with Crippen LogP contribution in [0.4, 0.5) is 21.1 Å². The molecule has 2 unspecified atom stereocenters. The predicted molar refractivity (Wildman–Crippen MR) is 106 cm³/mol. The third-order valence-electron chi connectivity index (χ3n) is 4.28. The average molecular weight is 418 g/mol. The van der Waals surface area contributed by atoms with Crippen LogP contribution in [0.2, 0.25) is 0 Å². The summed E-state index contributed by atoms with van der Waals surface area (Å²) in [5.41, 5.74) is 1.05. The number of rotatable bonds is 6. The minimum Gasteiger partial charge on any atom is -0.465 e. The quantitative estimate of drug-likeness (QED) is 0.650. The van der Waals surface area contributed by atoms with Gasteiger partial charge in [0.15, 0.2) is 12.5 Å². The van der Waals surface area contributed by atoms with Crippen LogP contribution in [-0.2, 0) is 14.2 Å². The molecule has 1 aromatic carbocycles. The van der Waals surface area contributed by atoms with Crippen LogP contribution in [0.15, 0.2) is 41.3 Å². The standard InChI is InChI=1S/C19H22N4O7/c1-11(2)12-3-5-13(6-4-12)20-19(27)29-10-16-28-9-15(30-16)23-8-7-14(21-17(23)24)22-18(25)26/h3-8,11,15-16H,9-10H2,1-2H3,(H,20,27)(H,25,26)(H,21,22,24). The minimum absolute atomic E-state index is 0.0413. The van der Waals surface area contributed by atoms with Crippen LogP contribution < -0.4 is 16.3 Å². The molecule has 2 heterocycles. The Kier molecular flexibility index (Phi) is 6.65. The van der Waals surface area contributed by atoms with E-state index in [1.54, 1.807) is 12.1 Å². The summed E-state index contributed by atoms with van der Waals surface area (Å²) in [6.45, 7) is 4.03. The Hall–Kier alpha value is -3.44. The summed E-state index contributed by atoms with van der Waals surface area (Å²) >= 11 is 0. The van der Waals surface area contributed by atoms with Crippen molar-refractivity contribution in [3.05, 3.63) is 52.6 Å². The van der Waals surface area contributed by atoms with Gasteiger partial charge in [-0.2, -0.15) is 4.98 Å². The number of ether oxygens (including phenoxy) is 3. The third kappa shape index (κ3) is 5.55. The molecule has 2 amide bonds. The van der Waals surface area contributed by atoms with Crippen molar-refractivity contribution in [1.82, 2.24) is 9.55 Å². The molecule has 1 aliphatic rings. The number of hydrogen-bond acceptors (Lipinski definition) is 7. The van der Waals surface area contributed by atoms with Crippen LogP contribution in [0.25, 0.3) is 0 Å². The molecule has 1 aliphatic heterocycles. The zero-order valence-corrected chi connectivity index (χ0v) is 16.4. The summed E-state index contributed by atoms with van der Waals surface area (Å²) in [4.78, 5) is 38.2. The number of nitrogens with one attached hydrogen (secondary N) is 2. The van der Waals surface area contributed by atoms with Crippen molar-refractivity contribution < 1.29 is 28.9 Å². The van der Waals surface area contributed by atoms with E-state index < -0.39 is 30.4 Å². The van der Waals surface area contributed by atoms with E-state index in [2.05, 4.69) is 24.1 Å². The smallest absolute Gasteiger partial charge is 0.411 e. The average Bonchev–Trinajstić information content (AvgIpc) is 3.15. The highest BCUT2D eigenvalue weighted by molar-refractivity contribution is 5.84. The fourth-order valence-corrected chi connectivity index (χ4v) is 2.74. The minimum atomic E-state index is -1.33. The normalized spacial score (nSPS) is 18.2. The first-order chi connectivity index (χ1) is 14.3. The van der Waals surface area contributed by atoms with E-state index in [-0.39, 0.29) is 19.0 Å². The zero-order chi connectivity index (χ0) is 21.7. The van der Waals surface area contributed by atoms with Crippen molar-refractivity contribution in [2.75, 3.05) is 23.8 Å². The molecule has 0 radical (unpaired) electrons. The molecule has 11 nitrogen and oxygen atoms in total. The van der Waals surface area contributed by atoms with Crippen molar-refractivity contribution in [3.63, 3.8) is 0 Å². The number of carbonyl (C=O) groups is 2. The Labute approximate surface area is 171 Å². The lowest BCUT2D eigenvalue weighted by Crippen LogP contribution is -2.29. The Morgan fingerprint density at radius 3 is 2.63 bits per heavy atom. The molecule has 0 spiro atoms. The number of benzene rings is 1. The lowest BCUT2D eigenvalue weighted by molar-refractivity contribution is -0.0998. The summed E-state index contributed by atoms with van der Waals surface area (Å²) in [7, 11) is 0. The van der Waals surface area contributed by atoms with Crippen LogP contribution in [0.1, 0.15) is 31.6 Å². The van der Waals surface area contributed by atoms with E-state index in [0.29, 0.717) is 11.6 Å². The van der Waals surface area contributed by atoms with Crippen LogP contribution in [0.3, 0.4) is 0 Å². The van der Waals surface area contributed by atoms with Gasteiger partial charge in [-0.15, -0.1) is 0 Å². The zero-order valence-electron chi connectivity index (χ0n) is 16.4. The topological polar surface area (TPSA) is 141 Å². The van der Waals surface area contributed by atoms with Gasteiger partial charge in [-0.3, -0.25) is 15.2 Å². The highest BCUT2D eigenvalue weighted by Crippen LogP contribution is 2.20. The van der Waals surface area contributed by atoms with E-state index in [1.165, 1.54) is 12.3 Å². The molecule has 3 N–H and O–H groups in total. The SMILES string of the molecule is CC(C)c1ccc(NC(=O)OCC2OCC(n3ccc(NC(=O)O)nc3=O)O2)cc1. The summed E-state index contributed by atoms with van der Waals surface area (Å²) in [5.74, 6) is 0.295. The molecule has 160 valence electrons. The van der Waals surface area contributed by atoms with Gasteiger partial charge in [-0.25, -0.2) is 14.4 Å². The Morgan fingerprint density at radius 1 is 1.27 bits per heavy atom. The van der Waals surface area contributed by atoms with Gasteiger partial charge in [0.05, 0.1) is 6.61 Å². The van der Waals surface area contributed by atoms with E-state index >= 15 is 0 Å². The van der Waals surface area contributed by atoms with Crippen molar-refractivity contribution in [1.29, 1.82) is 0 Å². The number of anilines is 2. The molecular formula is C19H22N4O7. The maximum absolute atomic E-state index is 12.0. The molecule has 0 aliphatic carbocycles. The number of hydrogen-bond donors (Lipinski definition) is 3. The van der Waals surface area contributed by atoms with E-state index in [0.717, 1.165) is 10.1 Å². The second kappa shape index (κ2) is 9.37. The summed E-state index contributed by atoms with van der Waals surface area (Å²) < 4.78 is 17.2. The van der Waals surface area contributed by atoms with Gasteiger partial charge < -0.3 is 19.3 Å². The number of amides is 2. The first-order valence-electron chi connectivity index (χ1n) is 9.22. The predicted octanol–water partition coefficient (Wildman–Crippen LogP) is 2.58. The molecule has 2 atom stereocenters. The molecule has 0 saturated carbocycles. The van der Waals surface area contributed by atoms with Crippen molar-refractivity contribution in [2.24, 2.45) is 0 Å². The summed E-state index contributed by atoms with van der Waals surface area (Å²) in [6, 6.07) is 8.75. The molecular weight excluding hydrogens is 396 g/mol. The number of aromatic nitrogens is 2. The highest BCUT2D eigenvalue weighted by Gasteiger charge is 2.29. The first-order valence-corrected chi connectivity index (χ1v) is 9.22. The highest BCUT2D eigenvalue weighted by atomic mass is 16.7. The molecule has 0 bridgehead atoms.